The van der Waals surface area contributed by atoms with Crippen LogP contribution in [0.1, 0.15) is 56.0 Å². The predicted octanol–water partition coefficient (Wildman–Crippen LogP) is 3.63. The van der Waals surface area contributed by atoms with Crippen molar-refractivity contribution in [2.75, 3.05) is 13.7 Å². The first-order valence-electron chi connectivity index (χ1n) is 13.8. The number of Topliss-reactive ketones (excluding diaryl/α,β-unsaturated/α-hetero) is 1. The van der Waals surface area contributed by atoms with Gasteiger partial charge in [0.2, 0.25) is 0 Å². The lowest BCUT2D eigenvalue weighted by Crippen LogP contribution is -2.42. The number of alkyl halides is 3. The van der Waals surface area contributed by atoms with E-state index in [9.17, 15) is 22.8 Å². The Bertz CT molecular complexity index is 1400. The molecule has 0 spiro atoms. The number of hydrogen-bond donors (Lipinski definition) is 4. The van der Waals surface area contributed by atoms with Crippen LogP contribution >= 0.6 is 0 Å². The summed E-state index contributed by atoms with van der Waals surface area (Å²) in [7, 11) is 1.09. The van der Waals surface area contributed by atoms with Gasteiger partial charge in [-0.15, -0.1) is 0 Å². The van der Waals surface area contributed by atoms with Crippen molar-refractivity contribution >= 4 is 29.1 Å². The van der Waals surface area contributed by atoms with E-state index in [0.29, 0.717) is 40.5 Å². The van der Waals surface area contributed by atoms with Crippen LogP contribution in [0.25, 0.3) is 5.70 Å². The summed E-state index contributed by atoms with van der Waals surface area (Å²) in [5.74, 6) is -0.0473. The summed E-state index contributed by atoms with van der Waals surface area (Å²) in [6.07, 6.45) is 2.02. The highest BCUT2D eigenvalue weighted by molar-refractivity contribution is 6.08. The zero-order valence-corrected chi connectivity index (χ0v) is 24.0. The molecule has 1 aromatic carbocycles. The van der Waals surface area contributed by atoms with Crippen LogP contribution in [0.15, 0.2) is 58.1 Å². The van der Waals surface area contributed by atoms with E-state index in [-0.39, 0.29) is 36.0 Å². The number of ketones is 1. The summed E-state index contributed by atoms with van der Waals surface area (Å²) in [6.45, 7) is 5.69. The molecule has 42 heavy (non-hydrogen) atoms. The molecule has 4 rings (SSSR count). The molecule has 1 saturated carbocycles. The van der Waals surface area contributed by atoms with Crippen LogP contribution in [0.4, 0.5) is 13.2 Å². The lowest BCUT2D eigenvalue weighted by molar-refractivity contribution is -0.121. The fourth-order valence-electron chi connectivity index (χ4n) is 5.70. The molecule has 226 valence electrons. The van der Waals surface area contributed by atoms with Gasteiger partial charge in [0.25, 0.3) is 5.91 Å². The third-order valence-corrected chi connectivity index (χ3v) is 7.97. The number of amides is 1. The second-order valence-corrected chi connectivity index (χ2v) is 10.6. The lowest BCUT2D eigenvalue weighted by atomic mass is 9.88. The maximum atomic E-state index is 13.0. The van der Waals surface area contributed by atoms with Gasteiger partial charge in [-0.25, -0.2) is 4.99 Å². The first-order chi connectivity index (χ1) is 19.8. The Balaban J connectivity index is 1.65. The van der Waals surface area contributed by atoms with Gasteiger partial charge in [0.1, 0.15) is 40.8 Å². The van der Waals surface area contributed by atoms with Crippen molar-refractivity contribution in [3.05, 3.63) is 59.2 Å². The third kappa shape index (κ3) is 6.29. The fourth-order valence-corrected chi connectivity index (χ4v) is 5.70. The Morgan fingerprint density at radius 2 is 2.07 bits per heavy atom. The van der Waals surface area contributed by atoms with E-state index in [1.807, 2.05) is 18.4 Å². The quantitative estimate of drug-likeness (QED) is 0.253. The molecular weight excluding hydrogens is 551 g/mol. The Kier molecular flexibility index (Phi) is 8.97. The lowest BCUT2D eigenvalue weighted by Gasteiger charge is -2.31. The van der Waals surface area contributed by atoms with Gasteiger partial charge in [0, 0.05) is 42.6 Å². The average Bonchev–Trinajstić information content (AvgIpc) is 3.56. The second-order valence-electron chi connectivity index (χ2n) is 10.6. The molecule has 1 aromatic rings. The normalized spacial score (nSPS) is 23.4. The van der Waals surface area contributed by atoms with E-state index < -0.39 is 23.6 Å². The smallest absolute Gasteiger partial charge is 0.431 e. The Labute approximate surface area is 242 Å². The minimum absolute atomic E-state index is 0.00746. The molecule has 0 aromatic heterocycles. The molecule has 1 aliphatic carbocycles. The molecule has 1 amide bonds. The number of fused-ring (bicyclic) bond motifs is 1. The van der Waals surface area contributed by atoms with Crippen molar-refractivity contribution in [1.29, 1.82) is 0 Å². The molecule has 0 radical (unpaired) electrons. The summed E-state index contributed by atoms with van der Waals surface area (Å²) in [5.41, 5.74) is 12.9. The predicted molar refractivity (Wildman–Crippen MR) is 154 cm³/mol. The molecular formula is C29H36F3N7O3. The first kappa shape index (κ1) is 30.7. The van der Waals surface area contributed by atoms with E-state index in [1.165, 1.54) is 12.1 Å². The third-order valence-electron chi connectivity index (χ3n) is 7.97. The monoisotopic (exact) mass is 587 g/mol. The van der Waals surface area contributed by atoms with Crippen molar-refractivity contribution < 1.29 is 27.5 Å². The minimum Gasteiger partial charge on any atom is -0.493 e. The summed E-state index contributed by atoms with van der Waals surface area (Å²) in [5, 5.41) is 5.61. The van der Waals surface area contributed by atoms with Gasteiger partial charge in [-0.1, -0.05) is 6.92 Å². The number of amidine groups is 2. The molecule has 0 saturated heterocycles. The molecule has 3 aliphatic rings. The number of ether oxygens (including phenoxy) is 1. The van der Waals surface area contributed by atoms with Gasteiger partial charge < -0.3 is 31.7 Å². The molecule has 6 N–H and O–H groups in total. The summed E-state index contributed by atoms with van der Waals surface area (Å²) in [6, 6.07) is 4.65. The van der Waals surface area contributed by atoms with Crippen LogP contribution in [-0.2, 0) is 4.79 Å². The highest BCUT2D eigenvalue weighted by Crippen LogP contribution is 2.44. The zero-order chi connectivity index (χ0) is 30.8. The molecule has 2 heterocycles. The van der Waals surface area contributed by atoms with Crippen molar-refractivity contribution in [2.45, 2.75) is 52.4 Å². The Hall–Kier alpha value is -4.29. The molecule has 4 unspecified atom stereocenters. The van der Waals surface area contributed by atoms with Gasteiger partial charge in [-0.3, -0.25) is 9.59 Å². The molecule has 1 fully saturated rings. The van der Waals surface area contributed by atoms with E-state index >= 15 is 0 Å². The molecule has 0 bridgehead atoms. The standard InChI is InChI=1S/C29H36F3N7O3/c1-5-42-21-13-19(28(41)37-23(33)14-22(35-4)29(30,31)32)8-9-20(21)24-25-26(34)36-10-11-39(25)27(38-24)18-7-6-17(12-18)15(2)16(3)40/h8-11,13-15,17-18,27,35,38H,5-7,12H2,1-4H3,(H2,34,36)(H2,33,37,41)/b22-14-. The van der Waals surface area contributed by atoms with E-state index in [1.54, 1.807) is 26.1 Å². The summed E-state index contributed by atoms with van der Waals surface area (Å²) in [4.78, 5) is 34.8. The number of benzene rings is 1. The van der Waals surface area contributed by atoms with Crippen LogP contribution in [0.2, 0.25) is 0 Å². The van der Waals surface area contributed by atoms with E-state index in [2.05, 4.69) is 20.2 Å². The highest BCUT2D eigenvalue weighted by Gasteiger charge is 2.43. The summed E-state index contributed by atoms with van der Waals surface area (Å²) >= 11 is 0. The summed E-state index contributed by atoms with van der Waals surface area (Å²) < 4.78 is 45.0. The SMILES string of the molecule is CCOc1cc(C(=O)N=C(N)/C=C(\NC)C(F)(F)F)ccc1C1=C2C(N)=NC=CN2C(C2CCC(C(C)C(C)=O)C2)N1. The molecule has 13 heteroatoms. The van der Waals surface area contributed by atoms with Crippen LogP contribution in [0.5, 0.6) is 5.75 Å². The number of halogens is 3. The van der Waals surface area contributed by atoms with Crippen molar-refractivity contribution in [3.8, 4) is 5.75 Å². The number of rotatable bonds is 9. The van der Waals surface area contributed by atoms with E-state index in [4.69, 9.17) is 16.2 Å². The minimum atomic E-state index is -4.68. The van der Waals surface area contributed by atoms with Crippen molar-refractivity contribution in [1.82, 2.24) is 15.5 Å². The molecule has 4 atom stereocenters. The number of allylic oxidation sites excluding steroid dienone is 1. The maximum Gasteiger partial charge on any atom is 0.431 e. The van der Waals surface area contributed by atoms with Gasteiger partial charge in [-0.2, -0.15) is 18.2 Å². The van der Waals surface area contributed by atoms with Gasteiger partial charge in [-0.05, 0) is 63.1 Å². The number of carbonyl (C=O) groups is 2. The molecule has 2 aliphatic heterocycles. The van der Waals surface area contributed by atoms with E-state index in [0.717, 1.165) is 26.3 Å². The highest BCUT2D eigenvalue weighted by atomic mass is 19.4. The maximum absolute atomic E-state index is 13.0. The van der Waals surface area contributed by atoms with Crippen molar-refractivity contribution in [2.24, 2.45) is 39.2 Å². The van der Waals surface area contributed by atoms with Crippen LogP contribution < -0.4 is 26.8 Å². The topological polar surface area (TPSA) is 147 Å². The van der Waals surface area contributed by atoms with Crippen LogP contribution in [-0.4, -0.2) is 54.3 Å². The Morgan fingerprint density at radius 3 is 2.71 bits per heavy atom. The Morgan fingerprint density at radius 1 is 1.33 bits per heavy atom. The average molecular weight is 588 g/mol. The number of carbonyl (C=O) groups excluding carboxylic acids is 2. The number of nitrogens with zero attached hydrogens (tertiary/aromatic N) is 3. The number of nitrogens with two attached hydrogens (primary N) is 2. The van der Waals surface area contributed by atoms with Crippen molar-refractivity contribution in [3.63, 3.8) is 0 Å². The fraction of sp³-hybridized carbons (Fsp3) is 0.448. The number of hydrogen-bond acceptors (Lipinski definition) is 8. The van der Waals surface area contributed by atoms with Gasteiger partial charge in [0.05, 0.1) is 12.3 Å². The number of aliphatic imine (C=N–C) groups is 2. The molecule has 10 nitrogen and oxygen atoms in total. The zero-order valence-electron chi connectivity index (χ0n) is 24.0. The second kappa shape index (κ2) is 12.3. The van der Waals surface area contributed by atoms with Gasteiger partial charge in [0.15, 0.2) is 0 Å². The van der Waals surface area contributed by atoms with Crippen LogP contribution in [0, 0.1) is 17.8 Å². The van der Waals surface area contributed by atoms with Gasteiger partial charge >= 0.3 is 6.18 Å². The first-order valence-corrected chi connectivity index (χ1v) is 13.8. The number of nitrogens with one attached hydrogen (secondary N) is 2. The largest absolute Gasteiger partial charge is 0.493 e. The van der Waals surface area contributed by atoms with Crippen LogP contribution in [0.3, 0.4) is 0 Å².